The molecule has 0 aliphatic heterocycles. The van der Waals surface area contributed by atoms with Crippen LogP contribution in [-0.2, 0) is 12.8 Å². The summed E-state index contributed by atoms with van der Waals surface area (Å²) in [5.41, 5.74) is 0. The molecule has 0 amide bonds. The largest absolute Gasteiger partial charge is 0.314 e. The number of rotatable bonds is 12. The fourth-order valence-corrected chi connectivity index (χ4v) is 3.31. The van der Waals surface area contributed by atoms with Gasteiger partial charge >= 0.3 is 0 Å². The van der Waals surface area contributed by atoms with Gasteiger partial charge in [-0.25, -0.2) is 0 Å². The monoisotopic (exact) mass is 295 g/mol. The van der Waals surface area contributed by atoms with E-state index in [1.165, 1.54) is 67.8 Å². The quantitative estimate of drug-likeness (QED) is 0.589. The van der Waals surface area contributed by atoms with Gasteiger partial charge in [0.2, 0.25) is 0 Å². The van der Waals surface area contributed by atoms with Crippen molar-refractivity contribution < 1.29 is 0 Å². The molecule has 0 unspecified atom stereocenters. The predicted octanol–water partition coefficient (Wildman–Crippen LogP) is 4.13. The predicted molar refractivity (Wildman–Crippen MR) is 86.3 cm³/mol. The van der Waals surface area contributed by atoms with E-state index in [0.717, 1.165) is 25.4 Å². The average molecular weight is 295 g/mol. The highest BCUT2D eigenvalue weighted by Gasteiger charge is 2.19. The molecule has 3 nitrogen and oxygen atoms in total. The van der Waals surface area contributed by atoms with Crippen LogP contribution in [0.15, 0.2) is 0 Å². The third-order valence-corrected chi connectivity index (χ3v) is 4.87. The first-order valence-corrected chi connectivity index (χ1v) is 9.24. The molecule has 1 saturated carbocycles. The molecule has 1 aromatic heterocycles. The molecule has 114 valence electrons. The standard InChI is InChI=1S/C16H29N3S/c1-2-3-4-5-6-7-9-15-18-19-16(20-15)10-8-13-17-14-11-12-14/h14,17H,2-13H2,1H3. The summed E-state index contributed by atoms with van der Waals surface area (Å²) in [5.74, 6) is 0. The van der Waals surface area contributed by atoms with Gasteiger partial charge < -0.3 is 5.32 Å². The summed E-state index contributed by atoms with van der Waals surface area (Å²) in [4.78, 5) is 0. The molecular weight excluding hydrogens is 266 g/mol. The summed E-state index contributed by atoms with van der Waals surface area (Å²) < 4.78 is 0. The minimum Gasteiger partial charge on any atom is -0.314 e. The van der Waals surface area contributed by atoms with E-state index in [2.05, 4.69) is 22.4 Å². The maximum absolute atomic E-state index is 4.32. The number of nitrogens with zero attached hydrogens (tertiary/aromatic N) is 2. The zero-order chi connectivity index (χ0) is 14.0. The Bertz CT molecular complexity index is 360. The third-order valence-electron chi connectivity index (χ3n) is 3.83. The molecule has 1 aliphatic rings. The topological polar surface area (TPSA) is 37.8 Å². The Morgan fingerprint density at radius 2 is 1.60 bits per heavy atom. The van der Waals surface area contributed by atoms with E-state index in [9.17, 15) is 0 Å². The van der Waals surface area contributed by atoms with E-state index in [-0.39, 0.29) is 0 Å². The highest BCUT2D eigenvalue weighted by molar-refractivity contribution is 7.11. The van der Waals surface area contributed by atoms with Crippen LogP contribution >= 0.6 is 11.3 Å². The number of nitrogens with one attached hydrogen (secondary N) is 1. The summed E-state index contributed by atoms with van der Waals surface area (Å²) in [5, 5.41) is 14.7. The highest BCUT2D eigenvalue weighted by Crippen LogP contribution is 2.19. The molecule has 0 bridgehead atoms. The van der Waals surface area contributed by atoms with Crippen molar-refractivity contribution in [3.05, 3.63) is 10.0 Å². The van der Waals surface area contributed by atoms with Crippen LogP contribution in [-0.4, -0.2) is 22.8 Å². The second-order valence-corrected chi connectivity index (χ2v) is 7.09. The fourth-order valence-electron chi connectivity index (χ4n) is 2.38. The van der Waals surface area contributed by atoms with Crippen molar-refractivity contribution in [2.24, 2.45) is 0 Å². The Hall–Kier alpha value is -0.480. The molecular formula is C16H29N3S. The first-order valence-electron chi connectivity index (χ1n) is 8.43. The van der Waals surface area contributed by atoms with Crippen LogP contribution in [0.1, 0.15) is 74.7 Å². The van der Waals surface area contributed by atoms with Gasteiger partial charge in [0.25, 0.3) is 0 Å². The molecule has 2 rings (SSSR count). The lowest BCUT2D eigenvalue weighted by Crippen LogP contribution is -2.17. The number of hydrogen-bond acceptors (Lipinski definition) is 4. The first-order chi connectivity index (χ1) is 9.88. The highest BCUT2D eigenvalue weighted by atomic mass is 32.1. The summed E-state index contributed by atoms with van der Waals surface area (Å²) >= 11 is 1.83. The lowest BCUT2D eigenvalue weighted by Gasteiger charge is -1.99. The summed E-state index contributed by atoms with van der Waals surface area (Å²) in [6, 6.07) is 0.827. The van der Waals surface area contributed by atoms with Crippen LogP contribution in [0.2, 0.25) is 0 Å². The second-order valence-electron chi connectivity index (χ2n) is 5.94. The Balaban J connectivity index is 1.50. The number of unbranched alkanes of at least 4 members (excludes halogenated alkanes) is 5. The van der Waals surface area contributed by atoms with Crippen LogP contribution in [0, 0.1) is 0 Å². The Morgan fingerprint density at radius 1 is 0.950 bits per heavy atom. The number of aromatic nitrogens is 2. The fraction of sp³-hybridized carbons (Fsp3) is 0.875. The van der Waals surface area contributed by atoms with Gasteiger partial charge in [-0.1, -0.05) is 39.0 Å². The van der Waals surface area contributed by atoms with Gasteiger partial charge in [-0.15, -0.1) is 21.5 Å². The van der Waals surface area contributed by atoms with E-state index in [4.69, 9.17) is 0 Å². The van der Waals surface area contributed by atoms with Gasteiger partial charge in [0.05, 0.1) is 0 Å². The van der Waals surface area contributed by atoms with Crippen molar-refractivity contribution in [3.63, 3.8) is 0 Å². The molecule has 0 spiro atoms. The zero-order valence-corrected chi connectivity index (χ0v) is 13.7. The normalized spacial score (nSPS) is 14.8. The van der Waals surface area contributed by atoms with Gasteiger partial charge in [-0.2, -0.15) is 0 Å². The Morgan fingerprint density at radius 3 is 2.30 bits per heavy atom. The maximum atomic E-state index is 4.32. The molecule has 1 aliphatic carbocycles. The number of aryl methyl sites for hydroxylation is 2. The van der Waals surface area contributed by atoms with Gasteiger partial charge in [-0.3, -0.25) is 0 Å². The van der Waals surface area contributed by atoms with E-state index in [0.29, 0.717) is 0 Å². The van der Waals surface area contributed by atoms with Crippen LogP contribution in [0.3, 0.4) is 0 Å². The summed E-state index contributed by atoms with van der Waals surface area (Å²) in [6.45, 7) is 3.40. The van der Waals surface area contributed by atoms with E-state index < -0.39 is 0 Å². The smallest absolute Gasteiger partial charge is 0.117 e. The first kappa shape index (κ1) is 15.9. The maximum Gasteiger partial charge on any atom is 0.117 e. The van der Waals surface area contributed by atoms with Crippen molar-refractivity contribution in [2.45, 2.75) is 83.6 Å². The summed E-state index contributed by atoms with van der Waals surface area (Å²) in [6.07, 6.45) is 14.3. The lowest BCUT2D eigenvalue weighted by atomic mass is 10.1. The molecule has 0 atom stereocenters. The minimum absolute atomic E-state index is 0.827. The van der Waals surface area contributed by atoms with Gasteiger partial charge in [-0.05, 0) is 32.2 Å². The van der Waals surface area contributed by atoms with E-state index >= 15 is 0 Å². The van der Waals surface area contributed by atoms with Crippen LogP contribution < -0.4 is 5.32 Å². The van der Waals surface area contributed by atoms with Crippen LogP contribution in [0.25, 0.3) is 0 Å². The molecule has 0 radical (unpaired) electrons. The van der Waals surface area contributed by atoms with Crippen molar-refractivity contribution >= 4 is 11.3 Å². The zero-order valence-electron chi connectivity index (χ0n) is 12.9. The van der Waals surface area contributed by atoms with Crippen molar-refractivity contribution in [3.8, 4) is 0 Å². The lowest BCUT2D eigenvalue weighted by molar-refractivity contribution is 0.605. The Labute approximate surface area is 127 Å². The molecule has 0 saturated heterocycles. The van der Waals surface area contributed by atoms with Gasteiger partial charge in [0.1, 0.15) is 10.0 Å². The molecule has 1 fully saturated rings. The molecule has 1 heterocycles. The van der Waals surface area contributed by atoms with Crippen molar-refractivity contribution in [1.82, 2.24) is 15.5 Å². The molecule has 1 N–H and O–H groups in total. The average Bonchev–Trinajstić information content (AvgIpc) is 3.18. The van der Waals surface area contributed by atoms with Crippen LogP contribution in [0.4, 0.5) is 0 Å². The Kier molecular flexibility index (Phi) is 7.52. The molecule has 20 heavy (non-hydrogen) atoms. The van der Waals surface area contributed by atoms with Crippen molar-refractivity contribution in [1.29, 1.82) is 0 Å². The molecule has 1 aromatic rings. The van der Waals surface area contributed by atoms with Crippen LogP contribution in [0.5, 0.6) is 0 Å². The molecule has 0 aromatic carbocycles. The third kappa shape index (κ3) is 6.80. The number of hydrogen-bond donors (Lipinski definition) is 1. The SMILES string of the molecule is CCCCCCCCc1nnc(CCCNC2CC2)s1. The van der Waals surface area contributed by atoms with Gasteiger partial charge in [0, 0.05) is 18.9 Å². The van der Waals surface area contributed by atoms with E-state index in [1.54, 1.807) is 0 Å². The molecule has 4 heteroatoms. The van der Waals surface area contributed by atoms with Gasteiger partial charge in [0.15, 0.2) is 0 Å². The second kappa shape index (κ2) is 9.46. The van der Waals surface area contributed by atoms with E-state index in [1.807, 2.05) is 11.3 Å². The minimum atomic E-state index is 0.827. The van der Waals surface area contributed by atoms with Crippen molar-refractivity contribution in [2.75, 3.05) is 6.54 Å². The summed E-state index contributed by atoms with van der Waals surface area (Å²) in [7, 11) is 0.